The number of benzene rings is 2. The van der Waals surface area contributed by atoms with E-state index in [1.807, 2.05) is 38.2 Å². The van der Waals surface area contributed by atoms with Gasteiger partial charge in [0.2, 0.25) is 0 Å². The molecule has 0 saturated heterocycles. The van der Waals surface area contributed by atoms with E-state index in [2.05, 4.69) is 10.0 Å². The third-order valence-electron chi connectivity index (χ3n) is 3.23. The van der Waals surface area contributed by atoms with Crippen molar-refractivity contribution in [2.24, 2.45) is 0 Å². The zero-order valence-corrected chi connectivity index (χ0v) is 13.1. The molecule has 0 radical (unpaired) electrons. The van der Waals surface area contributed by atoms with Crippen molar-refractivity contribution in [3.63, 3.8) is 0 Å². The van der Waals surface area contributed by atoms with Crippen molar-refractivity contribution in [2.75, 3.05) is 11.8 Å². The molecule has 0 unspecified atom stereocenters. The van der Waals surface area contributed by atoms with E-state index in [1.165, 1.54) is 0 Å². The zero-order chi connectivity index (χ0) is 15.3. The third-order valence-corrected chi connectivity index (χ3v) is 4.60. The predicted octanol–water partition coefficient (Wildman–Crippen LogP) is 2.77. The molecule has 2 N–H and O–H groups in total. The van der Waals surface area contributed by atoms with Crippen LogP contribution in [-0.4, -0.2) is 15.5 Å². The summed E-state index contributed by atoms with van der Waals surface area (Å²) in [5.41, 5.74) is 2.55. The lowest BCUT2D eigenvalue weighted by Gasteiger charge is -2.12. The van der Waals surface area contributed by atoms with E-state index in [0.717, 1.165) is 17.5 Å². The Bertz CT molecular complexity index is 712. The van der Waals surface area contributed by atoms with E-state index in [0.29, 0.717) is 12.2 Å². The smallest absolute Gasteiger partial charge is 0.261 e. The number of aryl methyl sites for hydroxylation is 1. The number of anilines is 1. The van der Waals surface area contributed by atoms with Crippen LogP contribution in [0, 0.1) is 0 Å². The zero-order valence-electron chi connectivity index (χ0n) is 12.3. The molecule has 0 aliphatic rings. The molecular weight excluding hydrogens is 284 g/mol. The molecule has 2 aromatic rings. The molecule has 0 aliphatic heterocycles. The minimum absolute atomic E-state index is 0.279. The lowest BCUT2D eigenvalue weighted by molar-refractivity contribution is 0.601. The molecule has 5 heteroatoms. The van der Waals surface area contributed by atoms with E-state index < -0.39 is 10.0 Å². The van der Waals surface area contributed by atoms with Crippen LogP contribution in [0.2, 0.25) is 0 Å². The van der Waals surface area contributed by atoms with E-state index in [4.69, 9.17) is 0 Å². The van der Waals surface area contributed by atoms with Crippen LogP contribution in [0.4, 0.5) is 5.69 Å². The number of hydrogen-bond acceptors (Lipinski definition) is 3. The number of nitrogens with one attached hydrogen (secondary N) is 2. The first-order valence-electron chi connectivity index (χ1n) is 6.91. The van der Waals surface area contributed by atoms with Gasteiger partial charge in [0.1, 0.15) is 0 Å². The van der Waals surface area contributed by atoms with Gasteiger partial charge in [0, 0.05) is 6.54 Å². The highest BCUT2D eigenvalue weighted by molar-refractivity contribution is 7.92. The molecule has 0 aromatic heterocycles. The topological polar surface area (TPSA) is 58.2 Å². The van der Waals surface area contributed by atoms with E-state index in [1.54, 1.807) is 24.3 Å². The largest absolute Gasteiger partial charge is 0.316 e. The van der Waals surface area contributed by atoms with Gasteiger partial charge < -0.3 is 5.32 Å². The average Bonchev–Trinajstić information content (AvgIpc) is 2.48. The Morgan fingerprint density at radius 2 is 1.81 bits per heavy atom. The summed E-state index contributed by atoms with van der Waals surface area (Å²) in [4.78, 5) is 0.279. The highest BCUT2D eigenvalue weighted by atomic mass is 32.2. The summed E-state index contributed by atoms with van der Waals surface area (Å²) >= 11 is 0. The van der Waals surface area contributed by atoms with Crippen LogP contribution in [0.5, 0.6) is 0 Å². The van der Waals surface area contributed by atoms with Gasteiger partial charge in [-0.1, -0.05) is 37.3 Å². The lowest BCUT2D eigenvalue weighted by Crippen LogP contribution is -2.15. The van der Waals surface area contributed by atoms with Crippen molar-refractivity contribution in [1.82, 2.24) is 5.32 Å². The Morgan fingerprint density at radius 3 is 2.52 bits per heavy atom. The Morgan fingerprint density at radius 1 is 1.05 bits per heavy atom. The first kappa shape index (κ1) is 15.5. The average molecular weight is 304 g/mol. The second-order valence-corrected chi connectivity index (χ2v) is 6.48. The minimum atomic E-state index is -3.56. The fraction of sp³-hybridized carbons (Fsp3) is 0.250. The molecule has 2 rings (SSSR count). The summed E-state index contributed by atoms with van der Waals surface area (Å²) in [6.45, 7) is 2.63. The van der Waals surface area contributed by atoms with Crippen LogP contribution in [-0.2, 0) is 23.0 Å². The highest BCUT2D eigenvalue weighted by Gasteiger charge is 2.15. The Balaban J connectivity index is 2.32. The van der Waals surface area contributed by atoms with Crippen LogP contribution in [0.1, 0.15) is 18.1 Å². The van der Waals surface area contributed by atoms with Gasteiger partial charge in [0.25, 0.3) is 10.0 Å². The number of para-hydroxylation sites is 1. The van der Waals surface area contributed by atoms with Crippen LogP contribution in [0.25, 0.3) is 0 Å². The van der Waals surface area contributed by atoms with E-state index in [9.17, 15) is 8.42 Å². The maximum Gasteiger partial charge on any atom is 0.261 e. The lowest BCUT2D eigenvalue weighted by atomic mass is 10.1. The minimum Gasteiger partial charge on any atom is -0.316 e. The standard InChI is InChI=1S/C16H20N2O2S/c1-3-14-8-4-5-10-16(14)18-21(19,20)15-9-6-7-13(11-15)12-17-2/h4-11,17-18H,3,12H2,1-2H3. The Kier molecular flexibility index (Phi) is 4.98. The first-order chi connectivity index (χ1) is 10.1. The van der Waals surface area contributed by atoms with Crippen molar-refractivity contribution < 1.29 is 8.42 Å². The molecular formula is C16H20N2O2S. The van der Waals surface area contributed by atoms with Crippen LogP contribution in [0.15, 0.2) is 53.4 Å². The molecule has 4 nitrogen and oxygen atoms in total. The molecule has 2 aromatic carbocycles. The molecule has 0 atom stereocenters. The monoisotopic (exact) mass is 304 g/mol. The fourth-order valence-electron chi connectivity index (χ4n) is 2.16. The Labute approximate surface area is 126 Å². The van der Waals surface area contributed by atoms with Gasteiger partial charge in [-0.2, -0.15) is 0 Å². The second kappa shape index (κ2) is 6.74. The van der Waals surface area contributed by atoms with Crippen molar-refractivity contribution in [3.8, 4) is 0 Å². The van der Waals surface area contributed by atoms with Gasteiger partial charge in [0.05, 0.1) is 10.6 Å². The second-order valence-electron chi connectivity index (χ2n) is 4.79. The van der Waals surface area contributed by atoms with E-state index in [-0.39, 0.29) is 4.90 Å². The van der Waals surface area contributed by atoms with Gasteiger partial charge in [-0.15, -0.1) is 0 Å². The quantitative estimate of drug-likeness (QED) is 0.863. The molecule has 0 amide bonds. The highest BCUT2D eigenvalue weighted by Crippen LogP contribution is 2.21. The molecule has 0 aliphatic carbocycles. The summed E-state index contributed by atoms with van der Waals surface area (Å²) in [6, 6.07) is 14.4. The van der Waals surface area contributed by atoms with Gasteiger partial charge in [0.15, 0.2) is 0 Å². The number of rotatable bonds is 6. The van der Waals surface area contributed by atoms with Crippen molar-refractivity contribution >= 4 is 15.7 Å². The van der Waals surface area contributed by atoms with Gasteiger partial charge in [-0.3, -0.25) is 4.72 Å². The fourth-order valence-corrected chi connectivity index (χ4v) is 3.33. The molecule has 21 heavy (non-hydrogen) atoms. The summed E-state index contributed by atoms with van der Waals surface area (Å²) in [5, 5.41) is 3.02. The van der Waals surface area contributed by atoms with Crippen molar-refractivity contribution in [1.29, 1.82) is 0 Å². The number of hydrogen-bond donors (Lipinski definition) is 2. The predicted molar refractivity (Wildman–Crippen MR) is 85.8 cm³/mol. The molecule has 0 fully saturated rings. The van der Waals surface area contributed by atoms with Gasteiger partial charge in [-0.25, -0.2) is 8.42 Å². The van der Waals surface area contributed by atoms with Crippen molar-refractivity contribution in [2.45, 2.75) is 24.8 Å². The van der Waals surface area contributed by atoms with E-state index >= 15 is 0 Å². The molecule has 0 heterocycles. The third kappa shape index (κ3) is 3.83. The molecule has 0 bridgehead atoms. The molecule has 0 spiro atoms. The summed E-state index contributed by atoms with van der Waals surface area (Å²) in [5.74, 6) is 0. The van der Waals surface area contributed by atoms with Crippen molar-refractivity contribution in [3.05, 3.63) is 59.7 Å². The summed E-state index contributed by atoms with van der Waals surface area (Å²) in [6.07, 6.45) is 0.776. The number of sulfonamides is 1. The first-order valence-corrected chi connectivity index (χ1v) is 8.39. The van der Waals surface area contributed by atoms with Crippen LogP contribution < -0.4 is 10.0 Å². The normalized spacial score (nSPS) is 11.3. The summed E-state index contributed by atoms with van der Waals surface area (Å²) < 4.78 is 27.7. The molecule has 112 valence electrons. The van der Waals surface area contributed by atoms with Gasteiger partial charge >= 0.3 is 0 Å². The SMILES string of the molecule is CCc1ccccc1NS(=O)(=O)c1cccc(CNC)c1. The van der Waals surface area contributed by atoms with Gasteiger partial charge in [-0.05, 0) is 42.8 Å². The Hall–Kier alpha value is -1.85. The maximum absolute atomic E-state index is 12.5. The summed E-state index contributed by atoms with van der Waals surface area (Å²) in [7, 11) is -1.73. The maximum atomic E-state index is 12.5. The van der Waals surface area contributed by atoms with Crippen LogP contribution >= 0.6 is 0 Å². The van der Waals surface area contributed by atoms with Crippen LogP contribution in [0.3, 0.4) is 0 Å². The molecule has 0 saturated carbocycles.